The molecule has 5 unspecified atom stereocenters. The zero-order valence-corrected chi connectivity index (χ0v) is 21.5. The molecule has 5 atom stereocenters. The molecule has 3 heteroatoms. The average molecular weight is 449 g/mol. The number of carbonyl (C=O) groups is 1. The van der Waals surface area contributed by atoms with Crippen LogP contribution in [0.2, 0.25) is 0 Å². The summed E-state index contributed by atoms with van der Waals surface area (Å²) in [6.07, 6.45) is 24.2. The van der Waals surface area contributed by atoms with E-state index in [2.05, 4.69) is 80.1 Å². The second-order valence-corrected chi connectivity index (χ2v) is 10.4. The van der Waals surface area contributed by atoms with Crippen molar-refractivity contribution in [2.75, 3.05) is 6.54 Å². The number of fused-ring (bicyclic) bond motifs is 3. The molecule has 1 saturated heterocycles. The van der Waals surface area contributed by atoms with E-state index in [0.29, 0.717) is 17.8 Å². The Morgan fingerprint density at radius 3 is 2.52 bits per heavy atom. The summed E-state index contributed by atoms with van der Waals surface area (Å²) in [4.78, 5) is 18.4. The van der Waals surface area contributed by atoms with Crippen LogP contribution in [0.5, 0.6) is 0 Å². The molecule has 0 bridgehead atoms. The van der Waals surface area contributed by atoms with Gasteiger partial charge in [0.1, 0.15) is 0 Å². The highest BCUT2D eigenvalue weighted by Gasteiger charge is 2.57. The molecule has 1 aromatic rings. The van der Waals surface area contributed by atoms with Gasteiger partial charge in [-0.1, -0.05) is 57.2 Å². The number of piperidine rings is 1. The van der Waals surface area contributed by atoms with E-state index in [1.807, 2.05) is 19.3 Å². The number of rotatable bonds is 6. The molecule has 1 saturated carbocycles. The summed E-state index contributed by atoms with van der Waals surface area (Å²) in [7, 11) is 0. The summed E-state index contributed by atoms with van der Waals surface area (Å²) < 4.78 is 0. The number of hydrogen-bond acceptors (Lipinski definition) is 2. The van der Waals surface area contributed by atoms with Crippen molar-refractivity contribution >= 4 is 12.0 Å². The normalized spacial score (nSPS) is 33.3. The molecule has 2 heterocycles. The van der Waals surface area contributed by atoms with Crippen molar-refractivity contribution in [1.82, 2.24) is 9.88 Å². The maximum Gasteiger partial charge on any atom is 0.210 e. The number of carbonyl (C=O) groups excluding carboxylic acids is 1. The third kappa shape index (κ3) is 5.03. The van der Waals surface area contributed by atoms with Crippen molar-refractivity contribution in [3.05, 3.63) is 60.5 Å². The molecular weight excluding hydrogens is 404 g/mol. The number of nitrogens with zero attached hydrogens (tertiary/aromatic N) is 2. The molecular formula is C30H44N2O. The highest BCUT2D eigenvalue weighted by molar-refractivity contribution is 5.72. The highest BCUT2D eigenvalue weighted by atomic mass is 16.1. The van der Waals surface area contributed by atoms with Crippen molar-refractivity contribution in [3.63, 3.8) is 0 Å². The summed E-state index contributed by atoms with van der Waals surface area (Å²) in [6, 6.07) is 4.27. The Morgan fingerprint density at radius 1 is 1.12 bits per heavy atom. The van der Waals surface area contributed by atoms with Gasteiger partial charge in [-0.25, -0.2) is 0 Å². The van der Waals surface area contributed by atoms with Crippen molar-refractivity contribution in [3.8, 4) is 0 Å². The largest absolute Gasteiger partial charge is 0.339 e. The maximum atomic E-state index is 11.9. The number of aromatic nitrogens is 1. The Morgan fingerprint density at radius 2 is 1.91 bits per heavy atom. The predicted molar refractivity (Wildman–Crippen MR) is 140 cm³/mol. The van der Waals surface area contributed by atoms with Crippen LogP contribution in [-0.4, -0.2) is 28.4 Å². The van der Waals surface area contributed by atoms with E-state index in [-0.39, 0.29) is 11.0 Å². The molecule has 180 valence electrons. The molecule has 33 heavy (non-hydrogen) atoms. The Balaban J connectivity index is 0.000000555. The van der Waals surface area contributed by atoms with E-state index in [0.717, 1.165) is 38.6 Å². The first-order valence-corrected chi connectivity index (χ1v) is 13.0. The quantitative estimate of drug-likeness (QED) is 0.334. The van der Waals surface area contributed by atoms with Gasteiger partial charge in [0.15, 0.2) is 0 Å². The highest BCUT2D eigenvalue weighted by Crippen LogP contribution is 2.63. The molecule has 0 aromatic carbocycles. The molecule has 1 amide bonds. The lowest BCUT2D eigenvalue weighted by molar-refractivity contribution is -0.137. The minimum absolute atomic E-state index is 0.0469. The standard InChI is InChI=1S/C25H34N2O.C5H10/c1-4-5-6-13-25(3)23-11-14-24(2)21(19-8-7-15-26-17-19)9-10-22(24)20(23)12-16-27(25)18-28;1-3-5-4-2/h5-9,15,17-18,20,22-23H,4,10-14,16H2,1-3H3;3,5H,4H2,1-2H3/b6-5-;5-3-. The molecule has 1 aromatic heterocycles. The fourth-order valence-electron chi connectivity index (χ4n) is 6.92. The first kappa shape index (κ1) is 25.5. The van der Waals surface area contributed by atoms with Crippen LogP contribution in [0.25, 0.3) is 5.57 Å². The van der Waals surface area contributed by atoms with Gasteiger partial charge >= 0.3 is 0 Å². The van der Waals surface area contributed by atoms with Gasteiger partial charge in [-0.15, -0.1) is 0 Å². The summed E-state index contributed by atoms with van der Waals surface area (Å²) in [5.74, 6) is 1.97. The van der Waals surface area contributed by atoms with Gasteiger partial charge in [-0.05, 0) is 99.2 Å². The second kappa shape index (κ2) is 11.3. The first-order valence-electron chi connectivity index (χ1n) is 13.0. The van der Waals surface area contributed by atoms with Gasteiger partial charge in [-0.3, -0.25) is 9.78 Å². The Kier molecular flexibility index (Phi) is 8.73. The molecule has 4 rings (SSSR count). The maximum absolute atomic E-state index is 11.9. The number of hydrogen-bond donors (Lipinski definition) is 0. The van der Waals surface area contributed by atoms with Crippen LogP contribution in [0.3, 0.4) is 0 Å². The van der Waals surface area contributed by atoms with Crippen LogP contribution < -0.4 is 0 Å². The van der Waals surface area contributed by atoms with Gasteiger partial charge < -0.3 is 4.90 Å². The van der Waals surface area contributed by atoms with Crippen LogP contribution in [-0.2, 0) is 4.79 Å². The summed E-state index contributed by atoms with van der Waals surface area (Å²) in [6.45, 7) is 12.1. The first-order chi connectivity index (χ1) is 16.0. The van der Waals surface area contributed by atoms with Crippen LogP contribution in [0.15, 0.2) is 54.9 Å². The molecule has 0 spiro atoms. The van der Waals surface area contributed by atoms with E-state index in [9.17, 15) is 4.79 Å². The lowest BCUT2D eigenvalue weighted by atomic mass is 9.52. The van der Waals surface area contributed by atoms with Crippen LogP contribution in [0, 0.1) is 23.2 Å². The van der Waals surface area contributed by atoms with Crippen LogP contribution >= 0.6 is 0 Å². The lowest BCUT2D eigenvalue weighted by Crippen LogP contribution is -2.61. The van der Waals surface area contributed by atoms with Crippen molar-refractivity contribution in [2.45, 2.75) is 85.1 Å². The van der Waals surface area contributed by atoms with E-state index < -0.39 is 0 Å². The Labute approximate surface area is 202 Å². The summed E-state index contributed by atoms with van der Waals surface area (Å²) in [5, 5.41) is 0. The van der Waals surface area contributed by atoms with E-state index in [4.69, 9.17) is 0 Å². The van der Waals surface area contributed by atoms with Gasteiger partial charge in [-0.2, -0.15) is 0 Å². The Hall–Kier alpha value is -2.16. The number of amides is 1. The monoisotopic (exact) mass is 448 g/mol. The molecule has 1 aliphatic heterocycles. The molecule has 0 radical (unpaired) electrons. The van der Waals surface area contributed by atoms with Gasteiger partial charge in [0.2, 0.25) is 6.41 Å². The van der Waals surface area contributed by atoms with Gasteiger partial charge in [0.05, 0.1) is 0 Å². The zero-order chi connectivity index (χ0) is 23.9. The van der Waals surface area contributed by atoms with Crippen LogP contribution in [0.4, 0.5) is 0 Å². The minimum atomic E-state index is -0.0469. The van der Waals surface area contributed by atoms with E-state index >= 15 is 0 Å². The van der Waals surface area contributed by atoms with Crippen LogP contribution in [0.1, 0.15) is 85.1 Å². The molecule has 0 N–H and O–H groups in total. The molecule has 3 nitrogen and oxygen atoms in total. The second-order valence-electron chi connectivity index (χ2n) is 10.4. The molecule has 2 aliphatic carbocycles. The predicted octanol–water partition coefficient (Wildman–Crippen LogP) is 7.47. The number of likely N-dealkylation sites (tertiary alicyclic amines) is 1. The lowest BCUT2D eigenvalue weighted by Gasteiger charge is -2.59. The molecule has 2 fully saturated rings. The topological polar surface area (TPSA) is 33.2 Å². The van der Waals surface area contributed by atoms with E-state index in [1.54, 1.807) is 0 Å². The third-order valence-corrected chi connectivity index (χ3v) is 8.68. The molecule has 3 aliphatic rings. The minimum Gasteiger partial charge on any atom is -0.339 e. The van der Waals surface area contributed by atoms with Gasteiger partial charge in [0, 0.05) is 24.5 Å². The van der Waals surface area contributed by atoms with Crippen molar-refractivity contribution in [1.29, 1.82) is 0 Å². The van der Waals surface area contributed by atoms with Gasteiger partial charge in [0.25, 0.3) is 0 Å². The van der Waals surface area contributed by atoms with Crippen molar-refractivity contribution < 1.29 is 4.79 Å². The average Bonchev–Trinajstić information content (AvgIpc) is 3.18. The third-order valence-electron chi connectivity index (χ3n) is 8.68. The fraction of sp³-hybridized carbons (Fsp3) is 0.600. The number of allylic oxidation sites excluding steroid dienone is 5. The summed E-state index contributed by atoms with van der Waals surface area (Å²) in [5.41, 5.74) is 3.00. The van der Waals surface area contributed by atoms with E-state index in [1.165, 1.54) is 30.4 Å². The number of pyridine rings is 1. The SMILES string of the molecule is C/C=C\CC.CC/C=C\CC1(C)C2CCC3(C)C(c4cccnc4)=CCC3C2CCN1C=O. The Bertz CT molecular complexity index is 857. The smallest absolute Gasteiger partial charge is 0.210 e. The summed E-state index contributed by atoms with van der Waals surface area (Å²) >= 11 is 0. The zero-order valence-electron chi connectivity index (χ0n) is 21.5. The fourth-order valence-corrected chi connectivity index (χ4v) is 6.92. The van der Waals surface area contributed by atoms with Crippen molar-refractivity contribution in [2.24, 2.45) is 23.2 Å².